The number of nitrogens with two attached hydrogens (primary N) is 1. The van der Waals surface area contributed by atoms with Gasteiger partial charge in [-0.2, -0.15) is 0 Å². The Bertz CT molecular complexity index is 646. The maximum Gasteiger partial charge on any atom is 0.242 e. The predicted molar refractivity (Wildman–Crippen MR) is 86.3 cm³/mol. The summed E-state index contributed by atoms with van der Waals surface area (Å²) in [5.41, 5.74) is 6.10. The molecule has 0 aliphatic carbocycles. The van der Waals surface area contributed by atoms with Gasteiger partial charge in [-0.25, -0.2) is 0 Å². The Balaban J connectivity index is 2.32. The van der Waals surface area contributed by atoms with Gasteiger partial charge in [0.05, 0.1) is 0 Å². The van der Waals surface area contributed by atoms with Crippen molar-refractivity contribution < 1.29 is 4.79 Å². The van der Waals surface area contributed by atoms with Crippen molar-refractivity contribution in [1.82, 2.24) is 5.32 Å². The molecule has 0 spiro atoms. The first-order chi connectivity index (χ1) is 9.93. The average Bonchev–Trinajstić information content (AvgIpc) is 2.48. The van der Waals surface area contributed by atoms with Gasteiger partial charge >= 0.3 is 0 Å². The van der Waals surface area contributed by atoms with E-state index in [2.05, 4.69) is 5.32 Å². The molecule has 110 valence electrons. The fourth-order valence-corrected chi connectivity index (χ4v) is 2.55. The molecule has 0 aliphatic rings. The summed E-state index contributed by atoms with van der Waals surface area (Å²) >= 11 is 12.2. The largest absolute Gasteiger partial charge is 0.368 e. The maximum atomic E-state index is 12.0. The quantitative estimate of drug-likeness (QED) is 0.885. The molecule has 21 heavy (non-hydrogen) atoms. The van der Waals surface area contributed by atoms with Crippen LogP contribution in [0.5, 0.6) is 0 Å². The van der Waals surface area contributed by atoms with Gasteiger partial charge in [0, 0.05) is 22.2 Å². The van der Waals surface area contributed by atoms with Gasteiger partial charge in [-0.05, 0) is 30.7 Å². The summed E-state index contributed by atoms with van der Waals surface area (Å²) in [6, 6.07) is 14.7. The van der Waals surface area contributed by atoms with Gasteiger partial charge in [-0.15, -0.1) is 0 Å². The van der Waals surface area contributed by atoms with Crippen LogP contribution in [-0.2, 0) is 16.9 Å². The highest BCUT2D eigenvalue weighted by Gasteiger charge is 2.34. The number of carbonyl (C=O) groups excluding carboxylic acids is 1. The van der Waals surface area contributed by atoms with E-state index in [9.17, 15) is 4.79 Å². The van der Waals surface area contributed by atoms with Gasteiger partial charge in [-0.3, -0.25) is 10.1 Å². The van der Waals surface area contributed by atoms with Crippen molar-refractivity contribution in [1.29, 1.82) is 0 Å². The zero-order valence-electron chi connectivity index (χ0n) is 11.6. The van der Waals surface area contributed by atoms with Crippen LogP contribution in [0, 0.1) is 0 Å². The monoisotopic (exact) mass is 322 g/mol. The first-order valence-electron chi connectivity index (χ1n) is 6.48. The summed E-state index contributed by atoms with van der Waals surface area (Å²) in [5, 5.41) is 4.13. The van der Waals surface area contributed by atoms with E-state index in [0.29, 0.717) is 22.2 Å². The summed E-state index contributed by atoms with van der Waals surface area (Å²) in [6.07, 6.45) is 0. The fourth-order valence-electron chi connectivity index (χ4n) is 2.07. The molecule has 3 nitrogen and oxygen atoms in total. The van der Waals surface area contributed by atoms with E-state index in [1.54, 1.807) is 25.1 Å². The molecule has 0 saturated heterocycles. The second-order valence-corrected chi connectivity index (χ2v) is 5.80. The molecule has 0 heterocycles. The number of benzene rings is 2. The van der Waals surface area contributed by atoms with Gasteiger partial charge in [0.2, 0.25) is 5.91 Å². The predicted octanol–water partition coefficient (Wildman–Crippen LogP) is 3.48. The molecule has 1 unspecified atom stereocenters. The SMILES string of the molecule is CC(NCc1ccccc1)(C(N)=O)c1cc(Cl)ccc1Cl. The average molecular weight is 323 g/mol. The number of rotatable bonds is 5. The Morgan fingerprint density at radius 3 is 2.48 bits per heavy atom. The fraction of sp³-hybridized carbons (Fsp3) is 0.188. The van der Waals surface area contributed by atoms with Gasteiger partial charge in [0.25, 0.3) is 0 Å². The van der Waals surface area contributed by atoms with Crippen LogP contribution in [0.4, 0.5) is 0 Å². The first-order valence-corrected chi connectivity index (χ1v) is 7.23. The second-order valence-electron chi connectivity index (χ2n) is 4.95. The molecular formula is C16H16Cl2N2O. The molecular weight excluding hydrogens is 307 g/mol. The third kappa shape index (κ3) is 3.56. The molecule has 5 heteroatoms. The van der Waals surface area contributed by atoms with E-state index in [1.807, 2.05) is 30.3 Å². The van der Waals surface area contributed by atoms with E-state index >= 15 is 0 Å². The summed E-state index contributed by atoms with van der Waals surface area (Å²) in [4.78, 5) is 12.0. The van der Waals surface area contributed by atoms with E-state index in [0.717, 1.165) is 5.56 Å². The molecule has 3 N–H and O–H groups in total. The number of hydrogen-bond acceptors (Lipinski definition) is 2. The molecule has 1 atom stereocenters. The van der Waals surface area contributed by atoms with Crippen molar-refractivity contribution in [2.45, 2.75) is 19.0 Å². The number of hydrogen-bond donors (Lipinski definition) is 2. The van der Waals surface area contributed by atoms with Gasteiger partial charge in [0.1, 0.15) is 5.54 Å². The van der Waals surface area contributed by atoms with Crippen LogP contribution in [0.25, 0.3) is 0 Å². The van der Waals surface area contributed by atoms with Crippen molar-refractivity contribution in [3.8, 4) is 0 Å². The van der Waals surface area contributed by atoms with Crippen LogP contribution in [0.2, 0.25) is 10.0 Å². The van der Waals surface area contributed by atoms with Crippen LogP contribution in [0.3, 0.4) is 0 Å². The normalized spacial score (nSPS) is 13.7. The Labute approximate surface area is 134 Å². The molecule has 0 aliphatic heterocycles. The van der Waals surface area contributed by atoms with Gasteiger partial charge in [0.15, 0.2) is 0 Å². The van der Waals surface area contributed by atoms with Crippen LogP contribution >= 0.6 is 23.2 Å². The number of nitrogens with one attached hydrogen (secondary N) is 1. The third-order valence-corrected chi connectivity index (χ3v) is 4.01. The van der Waals surface area contributed by atoms with E-state index < -0.39 is 11.4 Å². The molecule has 0 aromatic heterocycles. The lowest BCUT2D eigenvalue weighted by Gasteiger charge is -2.29. The molecule has 0 bridgehead atoms. The van der Waals surface area contributed by atoms with Crippen molar-refractivity contribution >= 4 is 29.1 Å². The first kappa shape index (κ1) is 15.8. The summed E-state index contributed by atoms with van der Waals surface area (Å²) in [5.74, 6) is -0.511. The van der Waals surface area contributed by atoms with E-state index in [-0.39, 0.29) is 0 Å². The summed E-state index contributed by atoms with van der Waals surface area (Å²) < 4.78 is 0. The van der Waals surface area contributed by atoms with Gasteiger partial charge in [-0.1, -0.05) is 53.5 Å². The van der Waals surface area contributed by atoms with Crippen LogP contribution in [0.15, 0.2) is 48.5 Å². The second kappa shape index (κ2) is 6.48. The van der Waals surface area contributed by atoms with Gasteiger partial charge < -0.3 is 5.73 Å². The van der Waals surface area contributed by atoms with Crippen molar-refractivity contribution in [3.63, 3.8) is 0 Å². The Morgan fingerprint density at radius 1 is 1.19 bits per heavy atom. The van der Waals surface area contributed by atoms with Crippen LogP contribution in [0.1, 0.15) is 18.1 Å². The molecule has 2 rings (SSSR count). The standard InChI is InChI=1S/C16H16Cl2N2O/c1-16(15(19)21,13-9-12(17)7-8-14(13)18)20-10-11-5-3-2-4-6-11/h2-9,20H,10H2,1H3,(H2,19,21). The lowest BCUT2D eigenvalue weighted by molar-refractivity contribution is -0.124. The minimum Gasteiger partial charge on any atom is -0.368 e. The Morgan fingerprint density at radius 2 is 1.86 bits per heavy atom. The molecule has 0 radical (unpaired) electrons. The zero-order valence-corrected chi connectivity index (χ0v) is 13.1. The molecule has 0 fully saturated rings. The Kier molecular flexibility index (Phi) is 4.88. The number of primary amides is 1. The third-order valence-electron chi connectivity index (χ3n) is 3.45. The number of amides is 1. The van der Waals surface area contributed by atoms with Crippen LogP contribution in [-0.4, -0.2) is 5.91 Å². The van der Waals surface area contributed by atoms with Crippen molar-refractivity contribution in [3.05, 3.63) is 69.7 Å². The number of halogens is 2. The highest BCUT2D eigenvalue weighted by atomic mass is 35.5. The smallest absolute Gasteiger partial charge is 0.242 e. The van der Waals surface area contributed by atoms with Crippen LogP contribution < -0.4 is 11.1 Å². The summed E-state index contributed by atoms with van der Waals surface area (Å²) in [7, 11) is 0. The molecule has 1 amide bonds. The number of carbonyl (C=O) groups is 1. The topological polar surface area (TPSA) is 55.1 Å². The van der Waals surface area contributed by atoms with Crippen molar-refractivity contribution in [2.75, 3.05) is 0 Å². The zero-order chi connectivity index (χ0) is 15.5. The van der Waals surface area contributed by atoms with Crippen molar-refractivity contribution in [2.24, 2.45) is 5.73 Å². The minimum absolute atomic E-state index is 0.446. The maximum absolute atomic E-state index is 12.0. The highest BCUT2D eigenvalue weighted by Crippen LogP contribution is 2.30. The molecule has 2 aromatic carbocycles. The highest BCUT2D eigenvalue weighted by molar-refractivity contribution is 6.34. The lowest BCUT2D eigenvalue weighted by atomic mass is 9.90. The molecule has 2 aromatic rings. The molecule has 0 saturated carbocycles. The lowest BCUT2D eigenvalue weighted by Crippen LogP contribution is -2.50. The Hall–Kier alpha value is -1.55. The minimum atomic E-state index is -1.10. The summed E-state index contributed by atoms with van der Waals surface area (Å²) in [6.45, 7) is 2.19. The van der Waals surface area contributed by atoms with E-state index in [4.69, 9.17) is 28.9 Å². The van der Waals surface area contributed by atoms with E-state index in [1.165, 1.54) is 0 Å².